The van der Waals surface area contributed by atoms with Gasteiger partial charge in [-0.05, 0) is 18.3 Å². The van der Waals surface area contributed by atoms with Gasteiger partial charge in [-0.15, -0.1) is 0 Å². The topological polar surface area (TPSA) is 107 Å². The summed E-state index contributed by atoms with van der Waals surface area (Å²) in [6, 6.07) is -2.54. The zero-order chi connectivity index (χ0) is 27.5. The SMILES string of the molecule is [2H]C([2H])(O)[C@@H](NC(=O)c1nn(-c2c[n+]([O-])ccn2)c2c1CCCC2(F)F)C(C)(C([2H])([2H])[2H])C([2H])([2H])[2H]. The lowest BCUT2D eigenvalue weighted by atomic mass is 9.87. The molecular weight excluding hydrogens is 372 g/mol. The molecule has 1 atom stereocenters. The molecule has 0 saturated heterocycles. The highest BCUT2D eigenvalue weighted by Crippen LogP contribution is 2.42. The summed E-state index contributed by atoms with van der Waals surface area (Å²) in [5, 5.41) is 27.5. The minimum Gasteiger partial charge on any atom is -0.619 e. The van der Waals surface area contributed by atoms with Crippen LogP contribution in [0.4, 0.5) is 8.78 Å². The second kappa shape index (κ2) is 7.08. The van der Waals surface area contributed by atoms with Gasteiger partial charge in [0.2, 0.25) is 12.0 Å². The minimum atomic E-state index is -3.56. The number of nitrogens with zero attached hydrogens (tertiary/aromatic N) is 4. The maximum atomic E-state index is 14.9. The highest BCUT2D eigenvalue weighted by Gasteiger charge is 2.44. The van der Waals surface area contributed by atoms with Crippen molar-refractivity contribution in [1.29, 1.82) is 0 Å². The van der Waals surface area contributed by atoms with E-state index in [4.69, 9.17) is 11.0 Å². The van der Waals surface area contributed by atoms with Crippen molar-refractivity contribution in [3.8, 4) is 5.82 Å². The van der Waals surface area contributed by atoms with E-state index in [0.717, 1.165) is 18.6 Å². The molecule has 2 N–H and O–H groups in total. The number of hydrogen-bond donors (Lipinski definition) is 2. The first-order valence-electron chi connectivity index (χ1n) is 12.3. The molecule has 0 spiro atoms. The lowest BCUT2D eigenvalue weighted by Gasteiger charge is -2.29. The number of carbonyl (C=O) groups is 1. The van der Waals surface area contributed by atoms with Gasteiger partial charge in [-0.3, -0.25) is 4.79 Å². The van der Waals surface area contributed by atoms with Gasteiger partial charge >= 0.3 is 0 Å². The number of alkyl halides is 2. The second-order valence-electron chi connectivity index (χ2n) is 6.66. The van der Waals surface area contributed by atoms with E-state index >= 15 is 0 Å². The van der Waals surface area contributed by atoms with Gasteiger partial charge in [-0.2, -0.15) is 18.6 Å². The quantitative estimate of drug-likeness (QED) is 0.594. The molecule has 0 aliphatic heterocycles. The van der Waals surface area contributed by atoms with E-state index in [2.05, 4.69) is 10.1 Å². The molecule has 10 heteroatoms. The molecule has 152 valence electrons. The maximum absolute atomic E-state index is 14.9. The fourth-order valence-electron chi connectivity index (χ4n) is 3.00. The number of carbonyl (C=O) groups excluding carboxylic acids is 1. The summed E-state index contributed by atoms with van der Waals surface area (Å²) in [6.07, 6.45) is 2.09. The number of aromatic nitrogens is 4. The van der Waals surface area contributed by atoms with Crippen LogP contribution in [0.25, 0.3) is 5.82 Å². The molecule has 2 aromatic rings. The van der Waals surface area contributed by atoms with Crippen LogP contribution >= 0.6 is 0 Å². The molecule has 28 heavy (non-hydrogen) atoms. The standard InChI is InChI=1S/C18H23F2N5O3/c1-17(2,3)12(10-26)22-16(27)14-11-5-4-6-18(19,20)15(11)25(23-14)13-9-24(28)8-7-21-13/h7-9,12,26H,4-6,10H2,1-3H3,(H,22,27)/t12-/m1/s1/i1D3,2D3,10D2. The summed E-state index contributed by atoms with van der Waals surface area (Å²) >= 11 is 0. The summed E-state index contributed by atoms with van der Waals surface area (Å²) in [7, 11) is 0. The minimum absolute atomic E-state index is 0.0672. The van der Waals surface area contributed by atoms with Crippen molar-refractivity contribution in [2.45, 2.75) is 51.9 Å². The number of hydrogen-bond acceptors (Lipinski definition) is 5. The molecule has 0 saturated carbocycles. The van der Waals surface area contributed by atoms with Crippen LogP contribution in [0.5, 0.6) is 0 Å². The van der Waals surface area contributed by atoms with Gasteiger partial charge in [0, 0.05) is 20.2 Å². The summed E-state index contributed by atoms with van der Waals surface area (Å²) < 4.78 is 92.4. The van der Waals surface area contributed by atoms with Gasteiger partial charge in [0.15, 0.2) is 11.9 Å². The van der Waals surface area contributed by atoms with Crippen LogP contribution in [0.1, 0.15) is 66.2 Å². The third-order valence-corrected chi connectivity index (χ3v) is 4.32. The van der Waals surface area contributed by atoms with Crippen molar-refractivity contribution in [3.05, 3.63) is 40.7 Å². The van der Waals surface area contributed by atoms with Crippen molar-refractivity contribution in [2.75, 3.05) is 6.56 Å². The first kappa shape index (κ1) is 12.1. The average Bonchev–Trinajstić information content (AvgIpc) is 3.10. The summed E-state index contributed by atoms with van der Waals surface area (Å²) in [5.41, 5.74) is -4.69. The van der Waals surface area contributed by atoms with Crippen LogP contribution in [-0.4, -0.2) is 38.4 Å². The van der Waals surface area contributed by atoms with Crippen LogP contribution in [0.3, 0.4) is 0 Å². The Kier molecular flexibility index (Phi) is 3.05. The van der Waals surface area contributed by atoms with Crippen LogP contribution in [-0.2, 0) is 12.3 Å². The van der Waals surface area contributed by atoms with E-state index in [-0.39, 0.29) is 29.0 Å². The Labute approximate surface area is 172 Å². The van der Waals surface area contributed by atoms with Crippen molar-refractivity contribution in [3.63, 3.8) is 0 Å². The van der Waals surface area contributed by atoms with Crippen molar-refractivity contribution in [2.24, 2.45) is 5.41 Å². The normalized spacial score (nSPS) is 22.7. The average molecular weight is 403 g/mol. The first-order valence-corrected chi connectivity index (χ1v) is 8.30. The van der Waals surface area contributed by atoms with Crippen LogP contribution in [0, 0.1) is 10.6 Å². The highest BCUT2D eigenvalue weighted by atomic mass is 19.3. The second-order valence-corrected chi connectivity index (χ2v) is 6.66. The maximum Gasteiger partial charge on any atom is 0.290 e. The molecule has 1 amide bonds. The molecule has 0 radical (unpaired) electrons. The third-order valence-electron chi connectivity index (χ3n) is 4.32. The van der Waals surface area contributed by atoms with E-state index in [1.54, 1.807) is 0 Å². The summed E-state index contributed by atoms with van der Waals surface area (Å²) in [6.45, 7) is -9.72. The smallest absolute Gasteiger partial charge is 0.290 e. The van der Waals surface area contributed by atoms with Crippen LogP contribution < -0.4 is 10.0 Å². The summed E-state index contributed by atoms with van der Waals surface area (Å²) in [4.78, 5) is 17.1. The molecule has 8 nitrogen and oxygen atoms in total. The number of nitrogens with one attached hydrogen (secondary N) is 1. The van der Waals surface area contributed by atoms with Crippen LogP contribution in [0.15, 0.2) is 18.6 Å². The predicted octanol–water partition coefficient (Wildman–Crippen LogP) is 1.47. The monoisotopic (exact) mass is 403 g/mol. The number of fused-ring (bicyclic) bond motifs is 1. The molecular formula is C18H23F2N5O3. The molecule has 1 aliphatic rings. The Morgan fingerprint density at radius 3 is 3.04 bits per heavy atom. The zero-order valence-electron chi connectivity index (χ0n) is 22.7. The number of aliphatic hydroxyl groups is 1. The fourth-order valence-corrected chi connectivity index (χ4v) is 3.00. The molecule has 0 fully saturated rings. The molecule has 1 aliphatic carbocycles. The highest BCUT2D eigenvalue weighted by molar-refractivity contribution is 5.94. The number of amides is 1. The van der Waals surface area contributed by atoms with Crippen LogP contribution in [0.2, 0.25) is 0 Å². The Morgan fingerprint density at radius 1 is 1.64 bits per heavy atom. The zero-order valence-corrected chi connectivity index (χ0v) is 14.7. The molecule has 2 heterocycles. The molecule has 2 aromatic heterocycles. The van der Waals surface area contributed by atoms with Crippen molar-refractivity contribution < 1.29 is 34.4 Å². The lowest BCUT2D eigenvalue weighted by molar-refractivity contribution is -0.605. The largest absolute Gasteiger partial charge is 0.619 e. The Bertz CT molecular complexity index is 1150. The molecule has 3 rings (SSSR count). The van der Waals surface area contributed by atoms with Gasteiger partial charge in [0.05, 0.1) is 21.5 Å². The third kappa shape index (κ3) is 3.68. The number of halogens is 2. The van der Waals surface area contributed by atoms with E-state index in [0.29, 0.717) is 11.6 Å². The Balaban J connectivity index is 2.18. The Morgan fingerprint density at radius 2 is 2.39 bits per heavy atom. The molecule has 0 aromatic carbocycles. The number of rotatable bonds is 4. The van der Waals surface area contributed by atoms with E-state index in [1.807, 2.05) is 5.32 Å². The Hall–Kier alpha value is -2.62. The van der Waals surface area contributed by atoms with E-state index in [9.17, 15) is 23.9 Å². The molecule has 0 unspecified atom stereocenters. The van der Waals surface area contributed by atoms with Gasteiger partial charge in [-0.1, -0.05) is 20.6 Å². The first-order chi connectivity index (χ1) is 16.2. The fraction of sp³-hybridized carbons (Fsp3) is 0.556. The van der Waals surface area contributed by atoms with Gasteiger partial charge in [0.1, 0.15) is 5.69 Å². The molecule has 0 bridgehead atoms. The van der Waals surface area contributed by atoms with Gasteiger partial charge in [-0.25, -0.2) is 9.67 Å². The summed E-state index contributed by atoms with van der Waals surface area (Å²) in [5.74, 6) is -5.24. The van der Waals surface area contributed by atoms with Crippen molar-refractivity contribution >= 4 is 5.91 Å². The van der Waals surface area contributed by atoms with E-state index < -0.39 is 61.4 Å². The predicted molar refractivity (Wildman–Crippen MR) is 94.9 cm³/mol. The van der Waals surface area contributed by atoms with Crippen molar-refractivity contribution in [1.82, 2.24) is 20.1 Å². The lowest BCUT2D eigenvalue weighted by Crippen LogP contribution is -2.46. The van der Waals surface area contributed by atoms with Gasteiger partial charge in [0.25, 0.3) is 11.8 Å². The van der Waals surface area contributed by atoms with Gasteiger partial charge < -0.3 is 15.6 Å². The van der Waals surface area contributed by atoms with E-state index in [1.165, 1.54) is 0 Å².